The van der Waals surface area contributed by atoms with Crippen molar-refractivity contribution >= 4 is 8.69 Å². The van der Waals surface area contributed by atoms with Crippen LogP contribution in [0.2, 0.25) is 10.0 Å². The second kappa shape index (κ2) is 5.94. The van der Waals surface area contributed by atoms with Crippen molar-refractivity contribution in [3.63, 3.8) is 0 Å². The molecular formula is C4H12O2PZn. The third-order valence-electron chi connectivity index (χ3n) is 1.42. The van der Waals surface area contributed by atoms with E-state index in [4.69, 9.17) is 3.35 Å². The Hall–Kier alpha value is 0.813. The molecular weight excluding hydrogens is 176 g/mol. The van der Waals surface area contributed by atoms with Gasteiger partial charge >= 0.3 is 56.8 Å². The number of hydrogen-bond acceptors (Lipinski definition) is 2. The average molecular weight is 189 g/mol. The molecule has 1 atom stereocenters. The summed E-state index contributed by atoms with van der Waals surface area (Å²) in [5, 5.41) is 2.34. The van der Waals surface area contributed by atoms with E-state index in [0.29, 0.717) is 0 Å². The molecule has 0 aromatic carbocycles. The molecule has 8 heavy (non-hydrogen) atoms. The monoisotopic (exact) mass is 187 g/mol. The average Bonchev–Trinajstić information content (AvgIpc) is 1.83. The van der Waals surface area contributed by atoms with Crippen molar-refractivity contribution in [3.05, 3.63) is 0 Å². The molecule has 0 aliphatic heterocycles. The summed E-state index contributed by atoms with van der Waals surface area (Å²) in [7, 11) is -0.909. The van der Waals surface area contributed by atoms with Gasteiger partial charge in [0.05, 0.1) is 0 Å². The van der Waals surface area contributed by atoms with Gasteiger partial charge in [0.2, 0.25) is 0 Å². The molecule has 0 rings (SSSR count). The summed E-state index contributed by atoms with van der Waals surface area (Å²) in [5.74, 6) is 0. The predicted molar refractivity (Wildman–Crippen MR) is 32.4 cm³/mol. The molecule has 0 aromatic rings. The number of hydrogen-bond donors (Lipinski definition) is 0. The van der Waals surface area contributed by atoms with Crippen LogP contribution < -0.4 is 0 Å². The maximum atomic E-state index is 9.97. The molecule has 0 bridgehead atoms. The first-order valence-corrected chi connectivity index (χ1v) is 9.52. The fraction of sp³-hybridized carbons (Fsp3) is 1.00. The summed E-state index contributed by atoms with van der Waals surface area (Å²) in [4.78, 5) is 0. The van der Waals surface area contributed by atoms with Crippen molar-refractivity contribution in [2.45, 2.75) is 23.9 Å². The Labute approximate surface area is 57.2 Å². The molecule has 0 saturated heterocycles. The summed E-state index contributed by atoms with van der Waals surface area (Å²) in [6.07, 6.45) is 0. The summed E-state index contributed by atoms with van der Waals surface area (Å²) in [5.41, 5.74) is 0. The normalized spacial score (nSPS) is 10.8. The maximum absolute atomic E-state index is 9.97. The molecule has 0 fully saturated rings. The Morgan fingerprint density at radius 3 is 2.12 bits per heavy atom. The van der Waals surface area contributed by atoms with Crippen LogP contribution in [-0.4, -0.2) is 0 Å². The van der Waals surface area contributed by atoms with Crippen LogP contribution in [0.4, 0.5) is 0 Å². The third-order valence-corrected chi connectivity index (χ3v) is 10.5. The van der Waals surface area contributed by atoms with Crippen LogP contribution in [0.3, 0.4) is 0 Å². The van der Waals surface area contributed by atoms with E-state index in [-0.39, 0.29) is 0 Å². The molecule has 0 aliphatic carbocycles. The van der Waals surface area contributed by atoms with E-state index in [1.807, 2.05) is 0 Å². The van der Waals surface area contributed by atoms with Crippen molar-refractivity contribution in [1.82, 2.24) is 0 Å². The summed E-state index contributed by atoms with van der Waals surface area (Å²) in [6, 6.07) is 0. The molecule has 1 unspecified atom stereocenters. The van der Waals surface area contributed by atoms with Gasteiger partial charge in [-0.25, -0.2) is 0 Å². The Morgan fingerprint density at radius 1 is 1.50 bits per heavy atom. The Balaban J connectivity index is 3.20. The van der Waals surface area contributed by atoms with Crippen LogP contribution in [0.1, 0.15) is 13.8 Å². The van der Waals surface area contributed by atoms with Gasteiger partial charge in [-0.2, -0.15) is 0 Å². The second-order valence-corrected chi connectivity index (χ2v) is 12.0. The van der Waals surface area contributed by atoms with E-state index in [1.165, 1.54) is 10.0 Å². The molecule has 0 spiro atoms. The first kappa shape index (κ1) is 8.81. The molecule has 0 aliphatic rings. The minimum absolute atomic E-state index is 0.909. The zero-order chi connectivity index (χ0) is 6.41. The van der Waals surface area contributed by atoms with Crippen LogP contribution in [0.15, 0.2) is 0 Å². The van der Waals surface area contributed by atoms with Gasteiger partial charge in [-0.1, -0.05) is 0 Å². The molecule has 0 aromatic heterocycles. The predicted octanol–water partition coefficient (Wildman–Crippen LogP) is 2.08. The van der Waals surface area contributed by atoms with Crippen molar-refractivity contribution < 1.29 is 24.2 Å². The molecule has 47 valence electrons. The summed E-state index contributed by atoms with van der Waals surface area (Å²) < 4.78 is 15.0. The Kier molecular flexibility index (Phi) is 6.55. The van der Waals surface area contributed by atoms with E-state index in [2.05, 4.69) is 13.8 Å². The molecule has 2 nitrogen and oxygen atoms in total. The molecule has 0 radical (unpaired) electrons. The van der Waals surface area contributed by atoms with Crippen LogP contribution >= 0.6 is 8.69 Å². The third kappa shape index (κ3) is 3.77. The van der Waals surface area contributed by atoms with Crippen molar-refractivity contribution in [3.8, 4) is 0 Å². The van der Waals surface area contributed by atoms with Gasteiger partial charge in [-0.3, -0.25) is 0 Å². The van der Waals surface area contributed by atoms with Gasteiger partial charge in [-0.05, 0) is 0 Å². The van der Waals surface area contributed by atoms with Gasteiger partial charge in [0.25, 0.3) is 0 Å². The quantitative estimate of drug-likeness (QED) is 0.499. The van der Waals surface area contributed by atoms with Gasteiger partial charge in [-0.15, -0.1) is 0 Å². The first-order valence-electron chi connectivity index (χ1n) is 3.17. The van der Waals surface area contributed by atoms with E-state index in [1.54, 1.807) is 0 Å². The van der Waals surface area contributed by atoms with E-state index in [0.717, 1.165) is 0 Å². The van der Waals surface area contributed by atoms with Crippen molar-refractivity contribution in [1.29, 1.82) is 0 Å². The fourth-order valence-electron chi connectivity index (χ4n) is 0.685. The SMILES string of the molecule is C[CH2][Zn]([CH2]C)[O][PH2]=O. The fourth-order valence-corrected chi connectivity index (χ4v) is 7.01. The van der Waals surface area contributed by atoms with Gasteiger partial charge in [0.1, 0.15) is 0 Å². The van der Waals surface area contributed by atoms with E-state index in [9.17, 15) is 4.57 Å². The second-order valence-electron chi connectivity index (χ2n) is 2.02. The first-order chi connectivity index (χ1) is 3.85. The van der Waals surface area contributed by atoms with E-state index >= 15 is 0 Å². The zero-order valence-electron chi connectivity index (χ0n) is 5.52. The Bertz CT molecular complexity index is 65.1. The van der Waals surface area contributed by atoms with Crippen LogP contribution in [0.5, 0.6) is 0 Å². The van der Waals surface area contributed by atoms with Gasteiger partial charge in [0.15, 0.2) is 0 Å². The minimum atomic E-state index is -1.56. The van der Waals surface area contributed by atoms with Crippen molar-refractivity contribution in [2.24, 2.45) is 0 Å². The van der Waals surface area contributed by atoms with Crippen LogP contribution in [0, 0.1) is 0 Å². The molecule has 4 heteroatoms. The molecule has 0 amide bonds. The topological polar surface area (TPSA) is 26.3 Å². The summed E-state index contributed by atoms with van der Waals surface area (Å²) in [6.45, 7) is 4.25. The zero-order valence-corrected chi connectivity index (χ0v) is 9.64. The molecule has 0 saturated carbocycles. The van der Waals surface area contributed by atoms with E-state index < -0.39 is 25.0 Å². The van der Waals surface area contributed by atoms with Crippen molar-refractivity contribution in [2.75, 3.05) is 0 Å². The Morgan fingerprint density at radius 2 is 2.00 bits per heavy atom. The molecule has 0 N–H and O–H groups in total. The van der Waals surface area contributed by atoms with Crippen LogP contribution in [0.25, 0.3) is 0 Å². The number of rotatable bonds is 4. The van der Waals surface area contributed by atoms with Gasteiger partial charge in [0, 0.05) is 0 Å². The van der Waals surface area contributed by atoms with Crippen LogP contribution in [-0.2, 0) is 24.2 Å². The summed E-state index contributed by atoms with van der Waals surface area (Å²) >= 11 is -1.56. The van der Waals surface area contributed by atoms with Gasteiger partial charge < -0.3 is 0 Å². The standard InChI is InChI=1S/2C2H5.H3O2P.Zn/c2*1-2;1-3-2;/h2*1H2,2H3;3H2,(H,1,2);/q;;;+1/p-1. The molecule has 0 heterocycles.